The van der Waals surface area contributed by atoms with Crippen LogP contribution in [0.2, 0.25) is 0 Å². The summed E-state index contributed by atoms with van der Waals surface area (Å²) in [5, 5.41) is 2.58. The Kier molecular flexibility index (Phi) is 4.79. The number of hydrogen-bond donors (Lipinski definition) is 1. The molecule has 0 bridgehead atoms. The standard InChI is InChI=1S/C11H12ClNO3/c1-16-10-4-2-8(3-5-10)13-11(15)6-9(14)7-12/h2-5H,6-7H2,1H3,(H,13,15). The highest BCUT2D eigenvalue weighted by molar-refractivity contribution is 6.29. The van der Waals surface area contributed by atoms with Gasteiger partial charge in [0.15, 0.2) is 5.78 Å². The molecule has 0 atom stereocenters. The SMILES string of the molecule is COc1ccc(NC(=O)CC(=O)CCl)cc1. The molecular formula is C11H12ClNO3. The van der Waals surface area contributed by atoms with Gasteiger partial charge in [0, 0.05) is 5.69 Å². The quantitative estimate of drug-likeness (QED) is 0.632. The van der Waals surface area contributed by atoms with Crippen LogP contribution in [0, 0.1) is 0 Å². The number of ketones is 1. The summed E-state index contributed by atoms with van der Waals surface area (Å²) in [6.45, 7) is 0. The summed E-state index contributed by atoms with van der Waals surface area (Å²) in [6, 6.07) is 6.84. The highest BCUT2D eigenvalue weighted by Gasteiger charge is 2.08. The molecule has 0 aliphatic heterocycles. The molecule has 0 saturated heterocycles. The highest BCUT2D eigenvalue weighted by Crippen LogP contribution is 2.15. The molecule has 1 N–H and O–H groups in total. The van der Waals surface area contributed by atoms with E-state index in [0.29, 0.717) is 11.4 Å². The molecule has 4 nitrogen and oxygen atoms in total. The molecule has 0 fully saturated rings. The normalized spacial score (nSPS) is 9.62. The van der Waals surface area contributed by atoms with Gasteiger partial charge in [0.05, 0.1) is 19.4 Å². The monoisotopic (exact) mass is 241 g/mol. The second kappa shape index (κ2) is 6.12. The van der Waals surface area contributed by atoms with E-state index in [1.54, 1.807) is 31.4 Å². The van der Waals surface area contributed by atoms with Crippen LogP contribution in [0.25, 0.3) is 0 Å². The second-order valence-corrected chi connectivity index (χ2v) is 3.39. The predicted octanol–water partition coefficient (Wildman–Crippen LogP) is 1.83. The van der Waals surface area contributed by atoms with Crippen LogP contribution in [0.15, 0.2) is 24.3 Å². The number of amides is 1. The number of hydrogen-bond acceptors (Lipinski definition) is 3. The first-order chi connectivity index (χ1) is 7.65. The maximum absolute atomic E-state index is 11.3. The van der Waals surface area contributed by atoms with Crippen molar-refractivity contribution in [2.45, 2.75) is 6.42 Å². The van der Waals surface area contributed by atoms with E-state index in [0.717, 1.165) is 0 Å². The number of benzene rings is 1. The zero-order valence-corrected chi connectivity index (χ0v) is 9.58. The minimum absolute atomic E-state index is 0.143. The summed E-state index contributed by atoms with van der Waals surface area (Å²) in [5.74, 6) is -0.103. The van der Waals surface area contributed by atoms with Crippen molar-refractivity contribution in [3.05, 3.63) is 24.3 Å². The van der Waals surface area contributed by atoms with Crippen LogP contribution in [0.1, 0.15) is 6.42 Å². The smallest absolute Gasteiger partial charge is 0.231 e. The molecule has 1 rings (SSSR count). The molecule has 1 aromatic carbocycles. The van der Waals surface area contributed by atoms with Gasteiger partial charge in [-0.05, 0) is 24.3 Å². The molecule has 0 radical (unpaired) electrons. The summed E-state index contributed by atoms with van der Waals surface area (Å²) >= 11 is 5.29. The Morgan fingerprint density at radius 3 is 2.44 bits per heavy atom. The summed E-state index contributed by atoms with van der Waals surface area (Å²) < 4.78 is 4.97. The minimum Gasteiger partial charge on any atom is -0.497 e. The Balaban J connectivity index is 2.52. The van der Waals surface area contributed by atoms with Crippen LogP contribution in [-0.2, 0) is 9.59 Å². The third-order valence-corrected chi connectivity index (χ3v) is 2.18. The average molecular weight is 242 g/mol. The van der Waals surface area contributed by atoms with Crippen molar-refractivity contribution in [3.8, 4) is 5.75 Å². The number of rotatable bonds is 5. The molecular weight excluding hydrogens is 230 g/mol. The first-order valence-electron chi connectivity index (χ1n) is 4.67. The highest BCUT2D eigenvalue weighted by atomic mass is 35.5. The topological polar surface area (TPSA) is 55.4 Å². The average Bonchev–Trinajstić information content (AvgIpc) is 2.29. The van der Waals surface area contributed by atoms with E-state index < -0.39 is 0 Å². The van der Waals surface area contributed by atoms with E-state index in [-0.39, 0.29) is 24.0 Å². The molecule has 0 saturated carbocycles. The van der Waals surface area contributed by atoms with Gasteiger partial charge in [-0.3, -0.25) is 9.59 Å². The molecule has 86 valence electrons. The van der Waals surface area contributed by atoms with Crippen LogP contribution in [0.4, 0.5) is 5.69 Å². The maximum Gasteiger partial charge on any atom is 0.231 e. The molecule has 0 aliphatic carbocycles. The Labute approximate surface area is 98.5 Å². The fourth-order valence-corrected chi connectivity index (χ4v) is 1.20. The molecule has 0 spiro atoms. The lowest BCUT2D eigenvalue weighted by molar-refractivity contribution is -0.124. The Morgan fingerprint density at radius 2 is 1.94 bits per heavy atom. The summed E-state index contributed by atoms with van der Waals surface area (Å²) in [7, 11) is 1.56. The maximum atomic E-state index is 11.3. The number of nitrogens with one attached hydrogen (secondary N) is 1. The molecule has 0 aliphatic rings. The lowest BCUT2D eigenvalue weighted by Crippen LogP contribution is -2.16. The van der Waals surface area contributed by atoms with E-state index in [1.165, 1.54) is 0 Å². The van der Waals surface area contributed by atoms with Crippen LogP contribution in [-0.4, -0.2) is 24.7 Å². The lowest BCUT2D eigenvalue weighted by Gasteiger charge is -2.05. The Bertz CT molecular complexity index is 375. The third-order valence-electron chi connectivity index (χ3n) is 1.88. The second-order valence-electron chi connectivity index (χ2n) is 3.13. The number of ether oxygens (including phenoxy) is 1. The van der Waals surface area contributed by atoms with Crippen molar-refractivity contribution in [2.24, 2.45) is 0 Å². The van der Waals surface area contributed by atoms with Crippen LogP contribution in [0.5, 0.6) is 5.75 Å². The van der Waals surface area contributed by atoms with Crippen molar-refractivity contribution >= 4 is 29.0 Å². The van der Waals surface area contributed by atoms with Gasteiger partial charge in [0.25, 0.3) is 0 Å². The van der Waals surface area contributed by atoms with Crippen molar-refractivity contribution in [2.75, 3.05) is 18.3 Å². The van der Waals surface area contributed by atoms with Crippen molar-refractivity contribution < 1.29 is 14.3 Å². The zero-order valence-electron chi connectivity index (χ0n) is 8.83. The summed E-state index contributed by atoms with van der Waals surface area (Å²) in [4.78, 5) is 22.2. The fourth-order valence-electron chi connectivity index (χ4n) is 1.11. The molecule has 0 aromatic heterocycles. The molecule has 5 heteroatoms. The van der Waals surface area contributed by atoms with Crippen molar-refractivity contribution in [1.29, 1.82) is 0 Å². The first-order valence-corrected chi connectivity index (χ1v) is 5.20. The number of carbonyl (C=O) groups excluding carboxylic acids is 2. The fraction of sp³-hybridized carbons (Fsp3) is 0.273. The van der Waals surface area contributed by atoms with Crippen LogP contribution >= 0.6 is 11.6 Å². The summed E-state index contributed by atoms with van der Waals surface area (Å²) in [5.41, 5.74) is 0.619. The van der Waals surface area contributed by atoms with E-state index in [9.17, 15) is 9.59 Å². The van der Waals surface area contributed by atoms with Gasteiger partial charge in [0.2, 0.25) is 5.91 Å². The molecule has 0 heterocycles. The van der Waals surface area contributed by atoms with Gasteiger partial charge < -0.3 is 10.1 Å². The number of anilines is 1. The largest absolute Gasteiger partial charge is 0.497 e. The number of halogens is 1. The van der Waals surface area contributed by atoms with Crippen LogP contribution in [0.3, 0.4) is 0 Å². The van der Waals surface area contributed by atoms with Gasteiger partial charge in [-0.2, -0.15) is 0 Å². The number of carbonyl (C=O) groups is 2. The predicted molar refractivity (Wildman–Crippen MR) is 62.0 cm³/mol. The van der Waals surface area contributed by atoms with E-state index in [2.05, 4.69) is 5.32 Å². The van der Waals surface area contributed by atoms with E-state index in [1.807, 2.05) is 0 Å². The van der Waals surface area contributed by atoms with Crippen molar-refractivity contribution in [1.82, 2.24) is 0 Å². The number of alkyl halides is 1. The van der Waals surface area contributed by atoms with E-state index in [4.69, 9.17) is 16.3 Å². The molecule has 16 heavy (non-hydrogen) atoms. The van der Waals surface area contributed by atoms with Gasteiger partial charge in [-0.1, -0.05) is 0 Å². The van der Waals surface area contributed by atoms with Crippen LogP contribution < -0.4 is 10.1 Å². The number of methoxy groups -OCH3 is 1. The zero-order chi connectivity index (χ0) is 12.0. The van der Waals surface area contributed by atoms with Gasteiger partial charge in [-0.15, -0.1) is 11.6 Å². The van der Waals surface area contributed by atoms with Crippen molar-refractivity contribution in [3.63, 3.8) is 0 Å². The van der Waals surface area contributed by atoms with Gasteiger partial charge in [-0.25, -0.2) is 0 Å². The lowest BCUT2D eigenvalue weighted by atomic mass is 10.2. The Morgan fingerprint density at radius 1 is 1.31 bits per heavy atom. The number of Topliss-reactive ketones (excluding diaryl/α,β-unsaturated/α-hetero) is 1. The Hall–Kier alpha value is -1.55. The molecule has 0 unspecified atom stereocenters. The van der Waals surface area contributed by atoms with E-state index >= 15 is 0 Å². The summed E-state index contributed by atoms with van der Waals surface area (Å²) in [6.07, 6.45) is -0.199. The van der Waals surface area contributed by atoms with Gasteiger partial charge in [0.1, 0.15) is 5.75 Å². The van der Waals surface area contributed by atoms with Gasteiger partial charge >= 0.3 is 0 Å². The molecule has 1 amide bonds. The molecule has 1 aromatic rings. The third kappa shape index (κ3) is 3.90. The minimum atomic E-state index is -0.365. The first kappa shape index (κ1) is 12.5.